The number of carbonyl (C=O) groups excluding carboxylic acids is 2. The summed E-state index contributed by atoms with van der Waals surface area (Å²) >= 11 is 0. The topological polar surface area (TPSA) is 104 Å². The number of hydrogen-bond donors (Lipinski definition) is 2. The first-order valence-electron chi connectivity index (χ1n) is 12.3. The van der Waals surface area contributed by atoms with Crippen LogP contribution in [0.25, 0.3) is 11.0 Å². The third-order valence-electron chi connectivity index (χ3n) is 6.25. The van der Waals surface area contributed by atoms with Crippen molar-refractivity contribution in [2.45, 2.75) is 26.8 Å². The van der Waals surface area contributed by atoms with Crippen molar-refractivity contribution >= 4 is 34.3 Å². The maximum atomic E-state index is 12.6. The maximum Gasteiger partial charge on any atom is 0.411 e. The zero-order chi connectivity index (χ0) is 25.5. The van der Waals surface area contributed by atoms with Gasteiger partial charge < -0.3 is 14.5 Å². The molecule has 2 N–H and O–H groups in total. The van der Waals surface area contributed by atoms with Gasteiger partial charge in [0, 0.05) is 61.6 Å². The molecule has 9 nitrogen and oxygen atoms in total. The minimum Gasteiger partial charge on any atom is -0.450 e. The molecule has 36 heavy (non-hydrogen) atoms. The fourth-order valence-corrected chi connectivity index (χ4v) is 4.41. The van der Waals surface area contributed by atoms with Crippen molar-refractivity contribution in [3.8, 4) is 0 Å². The number of nitrogens with one attached hydrogen (secondary N) is 2. The van der Waals surface area contributed by atoms with Crippen LogP contribution in [0, 0.1) is 0 Å². The predicted octanol–water partition coefficient (Wildman–Crippen LogP) is 3.68. The van der Waals surface area contributed by atoms with Crippen LogP contribution < -0.4 is 16.3 Å². The van der Waals surface area contributed by atoms with Crippen molar-refractivity contribution in [3.63, 3.8) is 0 Å². The van der Waals surface area contributed by atoms with Crippen molar-refractivity contribution in [3.05, 3.63) is 70.1 Å². The number of rotatable bonds is 8. The number of benzene rings is 2. The van der Waals surface area contributed by atoms with Gasteiger partial charge in [-0.2, -0.15) is 0 Å². The molecule has 2 heterocycles. The second-order valence-electron chi connectivity index (χ2n) is 8.76. The number of piperazine rings is 1. The summed E-state index contributed by atoms with van der Waals surface area (Å²) in [6, 6.07) is 14.6. The summed E-state index contributed by atoms with van der Waals surface area (Å²) in [6.45, 7) is 8.09. The molecule has 0 saturated carbocycles. The molecule has 3 aromatic rings. The van der Waals surface area contributed by atoms with Gasteiger partial charge in [0.15, 0.2) is 0 Å². The Balaban J connectivity index is 1.34. The molecule has 2 amide bonds. The van der Waals surface area contributed by atoms with Gasteiger partial charge in [-0.3, -0.25) is 19.9 Å². The average molecular weight is 493 g/mol. The smallest absolute Gasteiger partial charge is 0.411 e. The molecule has 9 heteroatoms. The second-order valence-corrected chi connectivity index (χ2v) is 8.76. The van der Waals surface area contributed by atoms with Gasteiger partial charge in [0.2, 0.25) is 5.91 Å². The van der Waals surface area contributed by atoms with Gasteiger partial charge in [0.05, 0.1) is 13.2 Å². The van der Waals surface area contributed by atoms with Crippen LogP contribution in [0.5, 0.6) is 0 Å². The average Bonchev–Trinajstić information content (AvgIpc) is 2.85. The number of anilines is 2. The summed E-state index contributed by atoms with van der Waals surface area (Å²) in [5.41, 5.74) is 3.34. The summed E-state index contributed by atoms with van der Waals surface area (Å²) in [6.07, 6.45) is 0.307. The predicted molar refractivity (Wildman–Crippen MR) is 139 cm³/mol. The Bertz CT molecular complexity index is 1280. The highest BCUT2D eigenvalue weighted by molar-refractivity contribution is 5.93. The molecule has 1 aliphatic rings. The number of fused-ring (bicyclic) bond motifs is 1. The summed E-state index contributed by atoms with van der Waals surface area (Å²) in [4.78, 5) is 40.9. The molecule has 2 aromatic carbocycles. The Morgan fingerprint density at radius 3 is 2.44 bits per heavy atom. The normalized spacial score (nSPS) is 14.5. The number of para-hydroxylation sites is 1. The lowest BCUT2D eigenvalue weighted by Gasteiger charge is -2.34. The van der Waals surface area contributed by atoms with Crippen molar-refractivity contribution in [1.82, 2.24) is 9.80 Å². The highest BCUT2D eigenvalue weighted by Crippen LogP contribution is 2.23. The van der Waals surface area contributed by atoms with Gasteiger partial charge in [0.25, 0.3) is 0 Å². The number of carbonyl (C=O) groups is 2. The molecule has 0 radical (unpaired) electrons. The van der Waals surface area contributed by atoms with Gasteiger partial charge in [-0.15, -0.1) is 0 Å². The maximum absolute atomic E-state index is 12.6. The first kappa shape index (κ1) is 25.4. The third-order valence-corrected chi connectivity index (χ3v) is 6.25. The summed E-state index contributed by atoms with van der Waals surface area (Å²) in [5.74, 6) is -0.0109. The lowest BCUT2D eigenvalue weighted by molar-refractivity contribution is -0.117. The van der Waals surface area contributed by atoms with Crippen LogP contribution in [0.4, 0.5) is 16.2 Å². The number of hydrogen-bond acceptors (Lipinski definition) is 7. The molecule has 1 saturated heterocycles. The first-order valence-corrected chi connectivity index (χ1v) is 12.3. The Morgan fingerprint density at radius 1 is 0.944 bits per heavy atom. The van der Waals surface area contributed by atoms with Crippen molar-refractivity contribution in [2.75, 3.05) is 50.0 Å². The highest BCUT2D eigenvalue weighted by Gasteiger charge is 2.20. The Kier molecular flexibility index (Phi) is 8.35. The van der Waals surface area contributed by atoms with Crippen LogP contribution in [0.2, 0.25) is 0 Å². The molecule has 1 fully saturated rings. The quantitative estimate of drug-likeness (QED) is 0.462. The van der Waals surface area contributed by atoms with Gasteiger partial charge >= 0.3 is 11.7 Å². The summed E-state index contributed by atoms with van der Waals surface area (Å²) in [5, 5.41) is 6.48. The lowest BCUT2D eigenvalue weighted by Crippen LogP contribution is -2.48. The zero-order valence-electron chi connectivity index (χ0n) is 20.7. The standard InChI is InChI=1S/C27H32N4O5/c1-3-19-7-5-6-8-23(19)29-25(32)18-31-13-11-30(12-14-31)17-20-15-26(33)36-24-16-21(9-10-22(20)24)28-27(34)35-4-2/h5-10,15-16H,3-4,11-14,17-18H2,1-2H3,(H,28,34)(H,29,32). The number of ether oxygens (including phenoxy) is 1. The van der Waals surface area contributed by atoms with Crippen LogP contribution in [0.15, 0.2) is 57.7 Å². The van der Waals surface area contributed by atoms with E-state index in [1.54, 1.807) is 19.1 Å². The zero-order valence-corrected chi connectivity index (χ0v) is 20.7. The van der Waals surface area contributed by atoms with E-state index in [0.717, 1.165) is 54.8 Å². The van der Waals surface area contributed by atoms with E-state index in [1.807, 2.05) is 30.3 Å². The molecule has 0 atom stereocenters. The molecule has 0 unspecified atom stereocenters. The minimum absolute atomic E-state index is 0.0109. The largest absolute Gasteiger partial charge is 0.450 e. The van der Waals surface area contributed by atoms with Crippen molar-refractivity contribution in [2.24, 2.45) is 0 Å². The Morgan fingerprint density at radius 2 is 1.69 bits per heavy atom. The Hall–Kier alpha value is -3.69. The van der Waals surface area contributed by atoms with Crippen LogP contribution in [0.1, 0.15) is 25.0 Å². The van der Waals surface area contributed by atoms with E-state index in [9.17, 15) is 14.4 Å². The number of amides is 2. The van der Waals surface area contributed by atoms with E-state index >= 15 is 0 Å². The molecule has 4 rings (SSSR count). The lowest BCUT2D eigenvalue weighted by atomic mass is 10.1. The number of aryl methyl sites for hydroxylation is 1. The Labute approximate surface area is 210 Å². The third kappa shape index (κ3) is 6.50. The fraction of sp³-hybridized carbons (Fsp3) is 0.370. The van der Waals surface area contributed by atoms with E-state index in [0.29, 0.717) is 24.4 Å². The van der Waals surface area contributed by atoms with Crippen LogP contribution >= 0.6 is 0 Å². The molecule has 190 valence electrons. The van der Waals surface area contributed by atoms with Gasteiger partial charge in [-0.25, -0.2) is 9.59 Å². The SMILES string of the molecule is CCOC(=O)Nc1ccc2c(CN3CCN(CC(=O)Nc4ccccc4CC)CC3)cc(=O)oc2c1. The van der Waals surface area contributed by atoms with Gasteiger partial charge in [-0.05, 0) is 42.7 Å². The molecule has 0 aliphatic carbocycles. The van der Waals surface area contributed by atoms with Crippen LogP contribution in [-0.4, -0.2) is 61.1 Å². The summed E-state index contributed by atoms with van der Waals surface area (Å²) in [7, 11) is 0. The number of nitrogens with zero attached hydrogens (tertiary/aromatic N) is 2. The molecule has 0 spiro atoms. The molecular formula is C27H32N4O5. The molecule has 1 aliphatic heterocycles. The van der Waals surface area contributed by atoms with Gasteiger partial charge in [0.1, 0.15) is 5.58 Å². The molecule has 0 bridgehead atoms. The van der Waals surface area contributed by atoms with E-state index in [-0.39, 0.29) is 12.5 Å². The second kappa shape index (κ2) is 11.8. The molecule has 1 aromatic heterocycles. The van der Waals surface area contributed by atoms with E-state index in [4.69, 9.17) is 9.15 Å². The minimum atomic E-state index is -0.559. The van der Waals surface area contributed by atoms with E-state index in [2.05, 4.69) is 27.4 Å². The van der Waals surface area contributed by atoms with Gasteiger partial charge in [-0.1, -0.05) is 25.1 Å². The monoisotopic (exact) mass is 492 g/mol. The highest BCUT2D eigenvalue weighted by atomic mass is 16.5. The molecular weight excluding hydrogens is 460 g/mol. The van der Waals surface area contributed by atoms with Crippen LogP contribution in [0.3, 0.4) is 0 Å². The van der Waals surface area contributed by atoms with Crippen molar-refractivity contribution in [1.29, 1.82) is 0 Å². The van der Waals surface area contributed by atoms with E-state index in [1.165, 1.54) is 6.07 Å². The fourth-order valence-electron chi connectivity index (χ4n) is 4.41. The first-order chi connectivity index (χ1) is 17.4. The summed E-state index contributed by atoms with van der Waals surface area (Å²) < 4.78 is 10.3. The van der Waals surface area contributed by atoms with Crippen LogP contribution in [-0.2, 0) is 22.5 Å². The van der Waals surface area contributed by atoms with Crippen molar-refractivity contribution < 1.29 is 18.7 Å². The van der Waals surface area contributed by atoms with E-state index < -0.39 is 11.7 Å².